The Morgan fingerprint density at radius 1 is 1.00 bits per heavy atom. The Labute approximate surface area is 73.7 Å². The fraction of sp³-hybridized carbons (Fsp3) is 0. The molecule has 0 spiro atoms. The summed E-state index contributed by atoms with van der Waals surface area (Å²) in [6, 6.07) is 0. The van der Waals surface area contributed by atoms with Crippen LogP contribution in [0.25, 0.3) is 0 Å². The molecule has 0 aliphatic rings. The summed E-state index contributed by atoms with van der Waals surface area (Å²) in [7, 11) is -2.17. The van der Waals surface area contributed by atoms with Gasteiger partial charge >= 0.3 is 36.9 Å². The Balaban J connectivity index is -0.0000000450. The van der Waals surface area contributed by atoms with Crippen LogP contribution in [0.15, 0.2) is 0 Å². The van der Waals surface area contributed by atoms with Crippen LogP contribution < -0.4 is 0 Å². The maximum absolute atomic E-state index is 7.17. The predicted octanol–water partition coefficient (Wildman–Crippen LogP) is -2.70. The van der Waals surface area contributed by atoms with Crippen LogP contribution in [0.3, 0.4) is 0 Å². The zero-order chi connectivity index (χ0) is 3.58. The van der Waals surface area contributed by atoms with Crippen molar-refractivity contribution in [3.05, 3.63) is 0 Å². The third-order valence-electron chi connectivity index (χ3n) is 0. The van der Waals surface area contributed by atoms with E-state index in [9.17, 15) is 0 Å². The molecule has 0 aromatic carbocycles. The van der Waals surface area contributed by atoms with Crippen LogP contribution in [0, 0.1) is 0 Å². The molecule has 1 radical (unpaired) electrons. The summed E-state index contributed by atoms with van der Waals surface area (Å²) < 4.78 is 0. The van der Waals surface area contributed by atoms with E-state index in [1.165, 1.54) is 0 Å². The van der Waals surface area contributed by atoms with Crippen LogP contribution >= 0.6 is 0 Å². The minimum atomic E-state index is -2.17. The molecular formula is H4AgBNaO3. The summed E-state index contributed by atoms with van der Waals surface area (Å²) in [6.07, 6.45) is 0. The molecule has 0 unspecified atom stereocenters. The zero-order valence-corrected chi connectivity index (χ0v) is 3.70. The van der Waals surface area contributed by atoms with Crippen LogP contribution in [-0.2, 0) is 22.4 Å². The number of hydrogen-bond donors (Lipinski definition) is 3. The molecule has 0 aliphatic heterocycles. The number of rotatable bonds is 0. The second-order valence-electron chi connectivity index (χ2n) is 0.346. The molecule has 0 atom stereocenters. The van der Waals surface area contributed by atoms with Crippen LogP contribution in [-0.4, -0.2) is 52.0 Å². The van der Waals surface area contributed by atoms with Gasteiger partial charge in [0.15, 0.2) is 0 Å². The van der Waals surface area contributed by atoms with Crippen molar-refractivity contribution in [2.45, 2.75) is 0 Å². The molecule has 0 aromatic rings. The Morgan fingerprint density at radius 3 is 1.00 bits per heavy atom. The van der Waals surface area contributed by atoms with E-state index in [-0.39, 0.29) is 51.9 Å². The molecule has 6 heavy (non-hydrogen) atoms. The van der Waals surface area contributed by atoms with Gasteiger partial charge in [0.25, 0.3) is 0 Å². The molecule has 0 saturated carbocycles. The average Bonchev–Trinajstić information content (AvgIpc) is 0.811. The van der Waals surface area contributed by atoms with Crippen LogP contribution in [0.4, 0.5) is 0 Å². The molecule has 0 rings (SSSR count). The van der Waals surface area contributed by atoms with E-state index in [1.807, 2.05) is 0 Å². The molecule has 3 N–H and O–H groups in total. The first kappa shape index (κ1) is 15.6. The molecule has 3 nitrogen and oxygen atoms in total. The predicted molar refractivity (Wildman–Crippen MR) is 19.6 cm³/mol. The second-order valence-corrected chi connectivity index (χ2v) is 0.346. The SMILES string of the molecule is OB(O)O.[Ag].[NaH]. The Morgan fingerprint density at radius 2 is 1.00 bits per heavy atom. The molecule has 0 bridgehead atoms. The summed E-state index contributed by atoms with van der Waals surface area (Å²) in [4.78, 5) is 0. The zero-order valence-electron chi connectivity index (χ0n) is 2.22. The van der Waals surface area contributed by atoms with Gasteiger partial charge in [-0.2, -0.15) is 0 Å². The van der Waals surface area contributed by atoms with E-state index in [1.54, 1.807) is 0 Å². The fourth-order valence-electron chi connectivity index (χ4n) is 0. The van der Waals surface area contributed by atoms with Gasteiger partial charge in [-0.05, 0) is 0 Å². The van der Waals surface area contributed by atoms with E-state index in [2.05, 4.69) is 0 Å². The van der Waals surface area contributed by atoms with Crippen molar-refractivity contribution in [2.75, 3.05) is 0 Å². The Kier molecular flexibility index (Phi) is 25.7. The first-order chi connectivity index (χ1) is 1.73. The molecule has 0 fully saturated rings. The third-order valence-corrected chi connectivity index (χ3v) is 0. The van der Waals surface area contributed by atoms with E-state index >= 15 is 0 Å². The molecular weight excluding hydrogens is 190 g/mol. The van der Waals surface area contributed by atoms with E-state index < -0.39 is 7.32 Å². The van der Waals surface area contributed by atoms with E-state index in [0.717, 1.165) is 0 Å². The van der Waals surface area contributed by atoms with Gasteiger partial charge in [-0.25, -0.2) is 0 Å². The Hall–Kier alpha value is 1.69. The van der Waals surface area contributed by atoms with Gasteiger partial charge in [-0.15, -0.1) is 0 Å². The fourth-order valence-corrected chi connectivity index (χ4v) is 0. The quantitative estimate of drug-likeness (QED) is 0.367. The van der Waals surface area contributed by atoms with Crippen molar-refractivity contribution in [3.63, 3.8) is 0 Å². The first-order valence-corrected chi connectivity index (χ1v) is 0.775. The third kappa shape index (κ3) is 43.9. The summed E-state index contributed by atoms with van der Waals surface area (Å²) in [5, 5.41) is 21.5. The second kappa shape index (κ2) is 9.84. The minimum absolute atomic E-state index is 0. The van der Waals surface area contributed by atoms with Gasteiger partial charge in [-0.3, -0.25) is 0 Å². The van der Waals surface area contributed by atoms with Crippen molar-refractivity contribution in [3.8, 4) is 0 Å². The van der Waals surface area contributed by atoms with Crippen molar-refractivity contribution in [2.24, 2.45) is 0 Å². The first-order valence-electron chi connectivity index (χ1n) is 0.775. The number of hydrogen-bond acceptors (Lipinski definition) is 3. The molecule has 0 heterocycles. The van der Waals surface area contributed by atoms with Crippen LogP contribution in [0.1, 0.15) is 0 Å². The van der Waals surface area contributed by atoms with Gasteiger partial charge in [0.1, 0.15) is 0 Å². The van der Waals surface area contributed by atoms with Gasteiger partial charge in [-0.1, -0.05) is 0 Å². The van der Waals surface area contributed by atoms with Gasteiger partial charge < -0.3 is 15.1 Å². The maximum atomic E-state index is 7.17. The van der Waals surface area contributed by atoms with E-state index in [0.29, 0.717) is 0 Å². The average molecular weight is 194 g/mol. The normalized spacial score (nSPS) is 4.50. The van der Waals surface area contributed by atoms with Gasteiger partial charge in [0.2, 0.25) is 0 Å². The molecule has 0 amide bonds. The van der Waals surface area contributed by atoms with Crippen molar-refractivity contribution in [1.29, 1.82) is 0 Å². The van der Waals surface area contributed by atoms with Crippen LogP contribution in [0.5, 0.6) is 0 Å². The molecule has 6 heteroatoms. The summed E-state index contributed by atoms with van der Waals surface area (Å²) in [6.45, 7) is 0. The summed E-state index contributed by atoms with van der Waals surface area (Å²) >= 11 is 0. The standard InChI is InChI=1S/Ag.BH3O3.Na.H/c;2-1(3)4;;/h;2-4H;;. The molecule has 37 valence electrons. The van der Waals surface area contributed by atoms with Gasteiger partial charge in [0, 0.05) is 22.4 Å². The van der Waals surface area contributed by atoms with Gasteiger partial charge in [0.05, 0.1) is 0 Å². The molecule has 0 aromatic heterocycles. The topological polar surface area (TPSA) is 60.7 Å². The van der Waals surface area contributed by atoms with Crippen LogP contribution in [0.2, 0.25) is 0 Å². The summed E-state index contributed by atoms with van der Waals surface area (Å²) in [5.74, 6) is 0. The van der Waals surface area contributed by atoms with Crippen molar-refractivity contribution >= 4 is 36.9 Å². The van der Waals surface area contributed by atoms with Crippen molar-refractivity contribution in [1.82, 2.24) is 0 Å². The molecule has 0 aliphatic carbocycles. The molecule has 0 saturated heterocycles. The van der Waals surface area contributed by atoms with Crippen molar-refractivity contribution < 1.29 is 37.5 Å². The Bertz CT molecular complexity index is 15.5. The monoisotopic (exact) mass is 193 g/mol. The summed E-state index contributed by atoms with van der Waals surface area (Å²) in [5.41, 5.74) is 0. The van der Waals surface area contributed by atoms with E-state index in [4.69, 9.17) is 15.1 Å².